The molecule has 0 saturated carbocycles. The molecule has 0 aromatic heterocycles. The number of nitrogens with one attached hydrogen (secondary N) is 1. The number of hydrogen-bond donors (Lipinski definition) is 1. The molecule has 0 amide bonds. The average Bonchev–Trinajstić information content (AvgIpc) is 2.43. The molecule has 0 atom stereocenters. The molecule has 0 aliphatic rings. The van der Waals surface area contributed by atoms with Gasteiger partial charge in [0, 0.05) is 6.54 Å². The summed E-state index contributed by atoms with van der Waals surface area (Å²) in [5.41, 5.74) is 1.53. The third kappa shape index (κ3) is 3.55. The summed E-state index contributed by atoms with van der Waals surface area (Å²) in [5.74, 6) is -0.148. The fourth-order valence-corrected chi connectivity index (χ4v) is 1.98. The van der Waals surface area contributed by atoms with E-state index >= 15 is 0 Å². The molecule has 2 aromatic carbocycles. The largest absolute Gasteiger partial charge is 0.450 e. The maximum atomic E-state index is 13.1. The number of aryl methyl sites for hydroxylation is 1. The molecular formula is C15H15FN2O3. The van der Waals surface area contributed by atoms with Crippen molar-refractivity contribution in [1.29, 1.82) is 0 Å². The third-order valence-corrected chi connectivity index (χ3v) is 2.96. The van der Waals surface area contributed by atoms with Crippen LogP contribution in [0.2, 0.25) is 0 Å². The van der Waals surface area contributed by atoms with Gasteiger partial charge >= 0.3 is 5.69 Å². The van der Waals surface area contributed by atoms with Crippen LogP contribution in [0.15, 0.2) is 36.4 Å². The van der Waals surface area contributed by atoms with Gasteiger partial charge in [-0.1, -0.05) is 12.1 Å². The number of nitro groups is 1. The predicted octanol–water partition coefficient (Wildman–Crippen LogP) is 3.55. The van der Waals surface area contributed by atoms with E-state index in [0.717, 1.165) is 29.8 Å². The first-order valence-electron chi connectivity index (χ1n) is 6.37. The molecule has 1 N–H and O–H groups in total. The number of halogens is 1. The van der Waals surface area contributed by atoms with Crippen LogP contribution < -0.4 is 10.1 Å². The highest BCUT2D eigenvalue weighted by Crippen LogP contribution is 2.33. The highest BCUT2D eigenvalue weighted by Gasteiger charge is 2.17. The Labute approximate surface area is 121 Å². The van der Waals surface area contributed by atoms with Crippen LogP contribution in [0.1, 0.15) is 11.1 Å². The van der Waals surface area contributed by atoms with Gasteiger partial charge in [-0.3, -0.25) is 10.1 Å². The molecule has 21 heavy (non-hydrogen) atoms. The summed E-state index contributed by atoms with van der Waals surface area (Å²) in [7, 11) is 1.85. The van der Waals surface area contributed by atoms with Gasteiger partial charge in [0.15, 0.2) is 0 Å². The van der Waals surface area contributed by atoms with Crippen molar-refractivity contribution in [2.45, 2.75) is 13.5 Å². The molecule has 0 fully saturated rings. The summed E-state index contributed by atoms with van der Waals surface area (Å²) in [6.45, 7) is 2.57. The molecule has 0 heterocycles. The minimum absolute atomic E-state index is 0.0193. The van der Waals surface area contributed by atoms with Crippen molar-refractivity contribution in [3.8, 4) is 11.5 Å². The number of nitro benzene ring substituents is 1. The lowest BCUT2D eigenvalue weighted by Crippen LogP contribution is -2.05. The van der Waals surface area contributed by atoms with E-state index in [1.165, 1.54) is 6.07 Å². The van der Waals surface area contributed by atoms with Crippen molar-refractivity contribution in [3.63, 3.8) is 0 Å². The maximum Gasteiger partial charge on any atom is 0.314 e. The van der Waals surface area contributed by atoms with Crippen molar-refractivity contribution in [3.05, 3.63) is 63.5 Å². The maximum absolute atomic E-state index is 13.1. The van der Waals surface area contributed by atoms with Gasteiger partial charge in [0.2, 0.25) is 5.75 Å². The predicted molar refractivity (Wildman–Crippen MR) is 77.1 cm³/mol. The number of ether oxygens (including phenoxy) is 1. The van der Waals surface area contributed by atoms with Gasteiger partial charge in [0.1, 0.15) is 11.6 Å². The normalized spacial score (nSPS) is 10.4. The SMILES string of the molecule is CNCc1ccc(Oc2ccc(F)cc2[N+](=O)[O-])c(C)c1. The third-order valence-electron chi connectivity index (χ3n) is 2.96. The second kappa shape index (κ2) is 6.32. The Morgan fingerprint density at radius 2 is 1.95 bits per heavy atom. The van der Waals surface area contributed by atoms with Crippen LogP contribution in [0.3, 0.4) is 0 Å². The van der Waals surface area contributed by atoms with Crippen LogP contribution in [0, 0.1) is 22.9 Å². The lowest BCUT2D eigenvalue weighted by atomic mass is 10.1. The molecule has 6 heteroatoms. The summed E-state index contributed by atoms with van der Waals surface area (Å²) < 4.78 is 18.7. The van der Waals surface area contributed by atoms with Crippen molar-refractivity contribution in [2.75, 3.05) is 7.05 Å². The quantitative estimate of drug-likeness (QED) is 0.675. The molecule has 0 aliphatic heterocycles. The fourth-order valence-electron chi connectivity index (χ4n) is 1.98. The van der Waals surface area contributed by atoms with Gasteiger partial charge in [-0.25, -0.2) is 4.39 Å². The Kier molecular flexibility index (Phi) is 4.49. The topological polar surface area (TPSA) is 64.4 Å². The summed E-state index contributed by atoms with van der Waals surface area (Å²) >= 11 is 0. The van der Waals surface area contributed by atoms with Gasteiger partial charge in [-0.15, -0.1) is 0 Å². The van der Waals surface area contributed by atoms with Crippen LogP contribution in [0.5, 0.6) is 11.5 Å². The Hall–Kier alpha value is -2.47. The van der Waals surface area contributed by atoms with E-state index < -0.39 is 16.4 Å². The lowest BCUT2D eigenvalue weighted by molar-refractivity contribution is -0.385. The molecule has 0 saturated heterocycles. The number of hydrogen-bond acceptors (Lipinski definition) is 4. The van der Waals surface area contributed by atoms with Crippen molar-refractivity contribution < 1.29 is 14.1 Å². The highest BCUT2D eigenvalue weighted by molar-refractivity contribution is 5.50. The second-order valence-electron chi connectivity index (χ2n) is 4.60. The summed E-state index contributed by atoms with van der Waals surface area (Å²) in [4.78, 5) is 10.3. The molecule has 0 radical (unpaired) electrons. The molecule has 2 rings (SSSR count). The van der Waals surface area contributed by atoms with E-state index in [4.69, 9.17) is 4.74 Å². The molecule has 2 aromatic rings. The van der Waals surface area contributed by atoms with Crippen LogP contribution in [0.4, 0.5) is 10.1 Å². The zero-order valence-electron chi connectivity index (χ0n) is 11.7. The molecule has 0 bridgehead atoms. The van der Waals surface area contributed by atoms with Gasteiger partial charge in [0.05, 0.1) is 11.0 Å². The van der Waals surface area contributed by atoms with Crippen LogP contribution >= 0.6 is 0 Å². The zero-order valence-corrected chi connectivity index (χ0v) is 11.7. The van der Waals surface area contributed by atoms with E-state index in [1.807, 2.05) is 26.1 Å². The lowest BCUT2D eigenvalue weighted by Gasteiger charge is -2.10. The smallest absolute Gasteiger partial charge is 0.314 e. The molecule has 0 unspecified atom stereocenters. The van der Waals surface area contributed by atoms with Crippen molar-refractivity contribution in [2.24, 2.45) is 0 Å². The average molecular weight is 290 g/mol. The summed E-state index contributed by atoms with van der Waals surface area (Å²) in [6.07, 6.45) is 0. The van der Waals surface area contributed by atoms with Gasteiger partial charge in [-0.05, 0) is 43.3 Å². The molecule has 0 spiro atoms. The number of benzene rings is 2. The minimum atomic E-state index is -0.671. The standard InChI is InChI=1S/C15H15FN2O3/c1-10-7-11(9-17-2)3-5-14(10)21-15-6-4-12(16)8-13(15)18(19)20/h3-8,17H,9H2,1-2H3. The zero-order chi connectivity index (χ0) is 15.4. The molecular weight excluding hydrogens is 275 g/mol. The van der Waals surface area contributed by atoms with E-state index in [9.17, 15) is 14.5 Å². The fraction of sp³-hybridized carbons (Fsp3) is 0.200. The Morgan fingerprint density at radius 3 is 2.57 bits per heavy atom. The van der Waals surface area contributed by atoms with Crippen molar-refractivity contribution in [1.82, 2.24) is 5.32 Å². The Balaban J connectivity index is 2.32. The summed E-state index contributed by atoms with van der Waals surface area (Å²) in [5, 5.41) is 14.0. The second-order valence-corrected chi connectivity index (χ2v) is 4.60. The Morgan fingerprint density at radius 1 is 1.24 bits per heavy atom. The van der Waals surface area contributed by atoms with Crippen LogP contribution in [-0.4, -0.2) is 12.0 Å². The van der Waals surface area contributed by atoms with E-state index in [2.05, 4.69) is 5.32 Å². The molecule has 0 aliphatic carbocycles. The van der Waals surface area contributed by atoms with Gasteiger partial charge < -0.3 is 10.1 Å². The van der Waals surface area contributed by atoms with Crippen LogP contribution in [0.25, 0.3) is 0 Å². The van der Waals surface area contributed by atoms with Gasteiger partial charge in [0.25, 0.3) is 0 Å². The monoisotopic (exact) mass is 290 g/mol. The van der Waals surface area contributed by atoms with Crippen LogP contribution in [-0.2, 0) is 6.54 Å². The first-order valence-corrected chi connectivity index (χ1v) is 6.37. The highest BCUT2D eigenvalue weighted by atomic mass is 19.1. The van der Waals surface area contributed by atoms with Gasteiger partial charge in [-0.2, -0.15) is 0 Å². The first-order chi connectivity index (χ1) is 10.0. The van der Waals surface area contributed by atoms with E-state index in [0.29, 0.717) is 5.75 Å². The van der Waals surface area contributed by atoms with E-state index in [-0.39, 0.29) is 5.75 Å². The minimum Gasteiger partial charge on any atom is -0.450 e. The molecule has 5 nitrogen and oxygen atoms in total. The number of nitrogens with zero attached hydrogens (tertiary/aromatic N) is 1. The van der Waals surface area contributed by atoms with E-state index in [1.54, 1.807) is 6.07 Å². The number of rotatable bonds is 5. The van der Waals surface area contributed by atoms with Crippen molar-refractivity contribution >= 4 is 5.69 Å². The summed E-state index contributed by atoms with van der Waals surface area (Å²) in [6, 6.07) is 8.78. The first kappa shape index (κ1) is 14.9. The molecule has 110 valence electrons. The Bertz CT molecular complexity index is 674.